The maximum absolute atomic E-state index is 10.2. The monoisotopic (exact) mass is 169 g/mol. The second-order valence-electron chi connectivity index (χ2n) is 1.51. The molecule has 0 rings (SSSR count). The fourth-order valence-electron chi connectivity index (χ4n) is 0.431. The Morgan fingerprint density at radius 2 is 2.00 bits per heavy atom. The van der Waals surface area contributed by atoms with Gasteiger partial charge in [0.15, 0.2) is 0 Å². The highest BCUT2D eigenvalue weighted by Crippen LogP contribution is 2.39. The van der Waals surface area contributed by atoms with Crippen LogP contribution in [0.1, 0.15) is 6.92 Å². The molecule has 0 aliphatic heterocycles. The van der Waals surface area contributed by atoms with Crippen LogP contribution in [-0.4, -0.2) is 32.2 Å². The van der Waals surface area contributed by atoms with E-state index < -0.39 is 13.8 Å². The molecule has 10 heavy (non-hydrogen) atoms. The molecule has 6 nitrogen and oxygen atoms in total. The molecule has 0 radical (unpaired) electrons. The zero-order chi connectivity index (χ0) is 8.36. The highest BCUT2D eigenvalue weighted by Gasteiger charge is 2.28. The number of amides is 1. The molecule has 0 fully saturated rings. The predicted octanol–water partition coefficient (Wildman–Crippen LogP) is 0.0790. The van der Waals surface area contributed by atoms with Crippen molar-refractivity contribution >= 4 is 13.8 Å². The van der Waals surface area contributed by atoms with E-state index in [9.17, 15) is 9.36 Å². The number of nitrogens with zero attached hydrogens (tertiary/aromatic N) is 1. The van der Waals surface area contributed by atoms with Gasteiger partial charge < -0.3 is 14.9 Å². The Hall–Kier alpha value is -0.580. The molecule has 0 aromatic rings. The number of rotatable bonds is 2. The summed E-state index contributed by atoms with van der Waals surface area (Å²) in [5.74, 6) is 0. The molecule has 1 amide bonds. The molecule has 0 atom stereocenters. The quantitative estimate of drug-likeness (QED) is 0.508. The molecule has 0 spiro atoms. The third-order valence-corrected chi connectivity index (χ3v) is 1.92. The van der Waals surface area contributed by atoms with Crippen molar-refractivity contribution in [3.8, 4) is 0 Å². The fourth-order valence-corrected chi connectivity index (χ4v) is 1.02. The number of hydrogen-bond acceptors (Lipinski definition) is 2. The molecule has 0 saturated heterocycles. The van der Waals surface area contributed by atoms with Crippen molar-refractivity contribution in [1.82, 2.24) is 4.67 Å². The van der Waals surface area contributed by atoms with Gasteiger partial charge in [-0.2, -0.15) is 0 Å². The summed E-state index contributed by atoms with van der Waals surface area (Å²) < 4.78 is 10.3. The van der Waals surface area contributed by atoms with Crippen LogP contribution in [0.25, 0.3) is 0 Å². The van der Waals surface area contributed by atoms with Gasteiger partial charge in [-0.15, -0.1) is 0 Å². The van der Waals surface area contributed by atoms with Crippen molar-refractivity contribution in [3.63, 3.8) is 0 Å². The Labute approximate surface area is 57.3 Å². The van der Waals surface area contributed by atoms with Crippen LogP contribution < -0.4 is 0 Å². The molecular weight excluding hydrogens is 161 g/mol. The lowest BCUT2D eigenvalue weighted by molar-refractivity contribution is 0.162. The van der Waals surface area contributed by atoms with Crippen LogP contribution in [0.3, 0.4) is 0 Å². The van der Waals surface area contributed by atoms with Crippen molar-refractivity contribution in [2.75, 3.05) is 6.54 Å². The van der Waals surface area contributed by atoms with Gasteiger partial charge in [0.05, 0.1) is 0 Å². The third-order valence-electron chi connectivity index (χ3n) is 0.835. The van der Waals surface area contributed by atoms with Gasteiger partial charge in [-0.1, -0.05) is 0 Å². The molecule has 0 unspecified atom stereocenters. The van der Waals surface area contributed by atoms with Crippen LogP contribution in [0.15, 0.2) is 0 Å². The third kappa shape index (κ3) is 2.34. The van der Waals surface area contributed by atoms with Gasteiger partial charge in [-0.3, -0.25) is 0 Å². The lowest BCUT2D eigenvalue weighted by Gasteiger charge is -2.16. The molecule has 60 valence electrons. The summed E-state index contributed by atoms with van der Waals surface area (Å²) in [5, 5.41) is 8.14. The summed E-state index contributed by atoms with van der Waals surface area (Å²) in [5.41, 5.74) is 0. The van der Waals surface area contributed by atoms with Crippen LogP contribution in [-0.2, 0) is 4.57 Å². The van der Waals surface area contributed by atoms with Gasteiger partial charge in [0, 0.05) is 6.54 Å². The molecule has 0 aromatic carbocycles. The normalized spacial score (nSPS) is 11.1. The summed E-state index contributed by atoms with van der Waals surface area (Å²) in [4.78, 5) is 26.6. The lowest BCUT2D eigenvalue weighted by atomic mass is 10.8. The SMILES string of the molecule is CCN(C(=O)O)P(=O)(O)O. The van der Waals surface area contributed by atoms with Crippen LogP contribution in [0.4, 0.5) is 4.79 Å². The molecular formula is C3H8NO5P. The molecule has 0 saturated carbocycles. The molecule has 0 heterocycles. The fraction of sp³-hybridized carbons (Fsp3) is 0.667. The highest BCUT2D eigenvalue weighted by molar-refractivity contribution is 7.49. The average Bonchev–Trinajstić information content (AvgIpc) is 1.60. The number of carboxylic acid groups (broad SMARTS) is 1. The Bertz CT molecular complexity index is 174. The molecule has 0 aromatic heterocycles. The molecule has 3 N–H and O–H groups in total. The predicted molar refractivity (Wildman–Crippen MR) is 32.4 cm³/mol. The van der Waals surface area contributed by atoms with Crippen molar-refractivity contribution < 1.29 is 24.3 Å². The van der Waals surface area contributed by atoms with Crippen LogP contribution in [0, 0.1) is 0 Å². The molecule has 7 heteroatoms. The van der Waals surface area contributed by atoms with E-state index in [1.807, 2.05) is 0 Å². The zero-order valence-corrected chi connectivity index (χ0v) is 6.15. The largest absolute Gasteiger partial charge is 0.465 e. The van der Waals surface area contributed by atoms with E-state index in [1.165, 1.54) is 6.92 Å². The topological polar surface area (TPSA) is 98.1 Å². The highest BCUT2D eigenvalue weighted by atomic mass is 31.2. The van der Waals surface area contributed by atoms with Crippen molar-refractivity contribution in [2.45, 2.75) is 6.92 Å². The second kappa shape index (κ2) is 3.01. The smallest absolute Gasteiger partial charge is 0.435 e. The Kier molecular flexibility index (Phi) is 2.83. The first-order valence-electron chi connectivity index (χ1n) is 2.46. The van der Waals surface area contributed by atoms with E-state index in [4.69, 9.17) is 14.9 Å². The number of carbonyl (C=O) groups is 1. The summed E-state index contributed by atoms with van der Waals surface area (Å²) in [7, 11) is -4.60. The average molecular weight is 169 g/mol. The van der Waals surface area contributed by atoms with E-state index >= 15 is 0 Å². The first-order valence-corrected chi connectivity index (χ1v) is 4.02. The van der Waals surface area contributed by atoms with Crippen molar-refractivity contribution in [2.24, 2.45) is 0 Å². The van der Waals surface area contributed by atoms with Gasteiger partial charge in [0.2, 0.25) is 0 Å². The lowest BCUT2D eigenvalue weighted by Crippen LogP contribution is -2.25. The maximum Gasteiger partial charge on any atom is 0.435 e. The summed E-state index contributed by atoms with van der Waals surface area (Å²) in [6.07, 6.45) is -1.61. The Balaban J connectivity index is 4.38. The van der Waals surface area contributed by atoms with Gasteiger partial charge in [-0.25, -0.2) is 14.0 Å². The molecule has 0 aliphatic carbocycles. The Morgan fingerprint density at radius 1 is 1.60 bits per heavy atom. The summed E-state index contributed by atoms with van der Waals surface area (Å²) in [6.45, 7) is 1.12. The number of hydrogen-bond donors (Lipinski definition) is 3. The van der Waals surface area contributed by atoms with Crippen LogP contribution >= 0.6 is 7.75 Å². The van der Waals surface area contributed by atoms with Gasteiger partial charge >= 0.3 is 13.8 Å². The second-order valence-corrected chi connectivity index (χ2v) is 3.02. The van der Waals surface area contributed by atoms with Gasteiger partial charge in [0.1, 0.15) is 0 Å². The van der Waals surface area contributed by atoms with E-state index in [1.54, 1.807) is 0 Å². The van der Waals surface area contributed by atoms with E-state index in [0.717, 1.165) is 0 Å². The summed E-state index contributed by atoms with van der Waals surface area (Å²) in [6, 6.07) is 0. The first-order chi connectivity index (χ1) is 4.39. The maximum atomic E-state index is 10.2. The van der Waals surface area contributed by atoms with Crippen LogP contribution in [0.5, 0.6) is 0 Å². The minimum absolute atomic E-state index is 0.0625. The summed E-state index contributed by atoms with van der Waals surface area (Å²) >= 11 is 0. The Morgan fingerprint density at radius 3 is 2.00 bits per heavy atom. The van der Waals surface area contributed by atoms with Gasteiger partial charge in [-0.05, 0) is 6.92 Å². The van der Waals surface area contributed by atoms with E-state index in [0.29, 0.717) is 0 Å². The van der Waals surface area contributed by atoms with Crippen molar-refractivity contribution in [3.05, 3.63) is 0 Å². The standard InChI is InChI=1S/C3H8NO5P/c1-2-4(3(5)6)10(7,8)9/h2H2,1H3,(H,5,6)(H2,7,8,9). The van der Waals surface area contributed by atoms with E-state index in [2.05, 4.69) is 0 Å². The molecule has 0 bridgehead atoms. The van der Waals surface area contributed by atoms with Crippen molar-refractivity contribution in [1.29, 1.82) is 0 Å². The first kappa shape index (κ1) is 9.42. The van der Waals surface area contributed by atoms with Crippen LogP contribution in [0.2, 0.25) is 0 Å². The van der Waals surface area contributed by atoms with Gasteiger partial charge in [0.25, 0.3) is 0 Å². The zero-order valence-electron chi connectivity index (χ0n) is 5.26. The minimum Gasteiger partial charge on any atom is -0.465 e. The van der Waals surface area contributed by atoms with E-state index in [-0.39, 0.29) is 11.2 Å². The molecule has 0 aliphatic rings. The minimum atomic E-state index is -4.60.